The number of nitro benzene ring substituents is 1. The Morgan fingerprint density at radius 2 is 1.65 bits per heavy atom. The molecule has 3 aliphatic rings. The van der Waals surface area contributed by atoms with Crippen LogP contribution in [0.5, 0.6) is 11.5 Å². The van der Waals surface area contributed by atoms with E-state index in [0.717, 1.165) is 0 Å². The summed E-state index contributed by atoms with van der Waals surface area (Å²) in [4.78, 5) is 50.6. The van der Waals surface area contributed by atoms with Gasteiger partial charge < -0.3 is 19.5 Å². The number of allylic oxidation sites excluding steroid dienone is 4. The molecule has 0 saturated heterocycles. The lowest BCUT2D eigenvalue weighted by molar-refractivity contribution is -0.384. The molecule has 11 heteroatoms. The van der Waals surface area contributed by atoms with Gasteiger partial charge in [0.15, 0.2) is 23.1 Å². The summed E-state index contributed by atoms with van der Waals surface area (Å²) in [6.45, 7) is -0.243. The fourth-order valence-electron chi connectivity index (χ4n) is 5.79. The van der Waals surface area contributed by atoms with E-state index in [1.807, 2.05) is 0 Å². The number of non-ortho nitro benzene ring substituents is 1. The lowest BCUT2D eigenvalue weighted by atomic mass is 9.71. The topological polar surface area (TPSA) is 136 Å². The molecule has 2 aromatic carbocycles. The fourth-order valence-corrected chi connectivity index (χ4v) is 6.07. The van der Waals surface area contributed by atoms with Crippen LogP contribution in [0.15, 0.2) is 58.9 Å². The molecule has 5 rings (SSSR count). The van der Waals surface area contributed by atoms with Crippen LogP contribution in [0.4, 0.5) is 5.69 Å². The summed E-state index contributed by atoms with van der Waals surface area (Å²) in [6, 6.07) is 9.30. The second-order valence-electron chi connectivity index (χ2n) is 9.93. The Labute approximate surface area is 235 Å². The smallest absolute Gasteiger partial charge is 0.323 e. The predicted molar refractivity (Wildman–Crippen MR) is 144 cm³/mol. The van der Waals surface area contributed by atoms with Gasteiger partial charge in [-0.3, -0.25) is 24.5 Å². The Balaban J connectivity index is 1.56. The summed E-state index contributed by atoms with van der Waals surface area (Å²) in [5, 5.41) is 20.8. The van der Waals surface area contributed by atoms with Crippen molar-refractivity contribution in [1.29, 1.82) is 0 Å². The predicted octanol–water partition coefficient (Wildman–Crippen LogP) is 5.33. The first-order valence-corrected chi connectivity index (χ1v) is 13.3. The summed E-state index contributed by atoms with van der Waals surface area (Å²) in [5.74, 6) is -1.39. The van der Waals surface area contributed by atoms with Crippen LogP contribution in [0, 0.1) is 10.1 Å². The number of aliphatic carboxylic acids is 1. The van der Waals surface area contributed by atoms with Gasteiger partial charge in [-0.1, -0.05) is 11.6 Å². The van der Waals surface area contributed by atoms with Crippen LogP contribution >= 0.6 is 11.6 Å². The standard InChI is InChI=1S/C29H27ClN2O8/c1-39-24-13-17(12-19(30)29(24)40-15-16-8-10-18(11-9-16)32(37)38)26-27-20(4-2-6-22(27)33)31(14-25(35)36)21-5-3-7-23(34)28(21)26/h8-13,26H,2-7,14-15H2,1H3,(H,35,36). The first-order chi connectivity index (χ1) is 19.2. The van der Waals surface area contributed by atoms with Crippen LogP contribution in [0.2, 0.25) is 5.02 Å². The average molecular weight is 567 g/mol. The second kappa shape index (κ2) is 11.1. The van der Waals surface area contributed by atoms with E-state index < -0.39 is 16.8 Å². The third kappa shape index (κ3) is 5.06. The Morgan fingerprint density at radius 3 is 2.17 bits per heavy atom. The Kier molecular flexibility index (Phi) is 7.62. The number of carbonyl (C=O) groups is 3. The van der Waals surface area contributed by atoms with Crippen molar-refractivity contribution >= 4 is 34.8 Å². The normalized spacial score (nSPS) is 17.5. The van der Waals surface area contributed by atoms with Crippen molar-refractivity contribution in [1.82, 2.24) is 4.90 Å². The van der Waals surface area contributed by atoms with E-state index in [9.17, 15) is 29.6 Å². The van der Waals surface area contributed by atoms with Crippen LogP contribution in [0.3, 0.4) is 0 Å². The van der Waals surface area contributed by atoms with Gasteiger partial charge in [0.05, 0.1) is 17.1 Å². The van der Waals surface area contributed by atoms with Gasteiger partial charge in [-0.05, 0) is 61.1 Å². The molecule has 1 N–H and O–H groups in total. The molecule has 0 fully saturated rings. The number of hydrogen-bond acceptors (Lipinski definition) is 8. The third-order valence-corrected chi connectivity index (χ3v) is 7.78. The average Bonchev–Trinajstić information content (AvgIpc) is 2.92. The van der Waals surface area contributed by atoms with E-state index in [0.29, 0.717) is 77.9 Å². The minimum absolute atomic E-state index is 0.0324. The van der Waals surface area contributed by atoms with Crippen LogP contribution < -0.4 is 9.47 Å². The molecule has 208 valence electrons. The maximum atomic E-state index is 13.4. The number of ketones is 2. The first-order valence-electron chi connectivity index (χ1n) is 12.9. The molecular weight excluding hydrogens is 540 g/mol. The number of hydrogen-bond donors (Lipinski definition) is 1. The van der Waals surface area contributed by atoms with Crippen LogP contribution in [-0.4, -0.2) is 46.1 Å². The molecule has 1 aliphatic heterocycles. The molecule has 1 heterocycles. The van der Waals surface area contributed by atoms with Crippen molar-refractivity contribution in [2.24, 2.45) is 0 Å². The van der Waals surface area contributed by atoms with E-state index in [1.54, 1.807) is 29.2 Å². The zero-order valence-electron chi connectivity index (χ0n) is 21.8. The van der Waals surface area contributed by atoms with Crippen molar-refractivity contribution < 1.29 is 33.9 Å². The highest BCUT2D eigenvalue weighted by Crippen LogP contribution is 2.51. The third-order valence-electron chi connectivity index (χ3n) is 7.50. The van der Waals surface area contributed by atoms with Gasteiger partial charge in [0.2, 0.25) is 0 Å². The van der Waals surface area contributed by atoms with Crippen molar-refractivity contribution in [3.05, 3.63) is 85.2 Å². The van der Waals surface area contributed by atoms with Gasteiger partial charge in [-0.15, -0.1) is 0 Å². The van der Waals surface area contributed by atoms with Gasteiger partial charge >= 0.3 is 5.97 Å². The molecule has 0 amide bonds. The maximum Gasteiger partial charge on any atom is 0.323 e. The molecule has 40 heavy (non-hydrogen) atoms. The van der Waals surface area contributed by atoms with Gasteiger partial charge in [0, 0.05) is 53.4 Å². The van der Waals surface area contributed by atoms with Crippen molar-refractivity contribution in [3.63, 3.8) is 0 Å². The number of nitrogens with zero attached hydrogens (tertiary/aromatic N) is 2. The zero-order chi connectivity index (χ0) is 28.6. The number of benzene rings is 2. The number of nitro groups is 1. The SMILES string of the molecule is COc1cc(C2C3=C(CCCC3=O)N(CC(=O)O)C3=C2C(=O)CCC3)cc(Cl)c1OCc1ccc([N+](=O)[O-])cc1. The summed E-state index contributed by atoms with van der Waals surface area (Å²) in [7, 11) is 1.45. The number of carboxylic acids is 1. The molecule has 0 atom stereocenters. The second-order valence-corrected chi connectivity index (χ2v) is 10.3. The van der Waals surface area contributed by atoms with E-state index in [4.69, 9.17) is 21.1 Å². The van der Waals surface area contributed by atoms with E-state index in [2.05, 4.69) is 0 Å². The highest BCUT2D eigenvalue weighted by molar-refractivity contribution is 6.32. The van der Waals surface area contributed by atoms with Crippen LogP contribution in [0.1, 0.15) is 55.6 Å². The maximum absolute atomic E-state index is 13.4. The highest BCUT2D eigenvalue weighted by Gasteiger charge is 2.44. The highest BCUT2D eigenvalue weighted by atomic mass is 35.5. The van der Waals surface area contributed by atoms with E-state index in [-0.39, 0.29) is 41.2 Å². The van der Waals surface area contributed by atoms with Gasteiger partial charge in [0.1, 0.15) is 13.2 Å². The summed E-state index contributed by atoms with van der Waals surface area (Å²) in [5.41, 5.74) is 3.44. The van der Waals surface area contributed by atoms with Gasteiger partial charge in [0.25, 0.3) is 5.69 Å². The minimum Gasteiger partial charge on any atom is -0.493 e. The quantitative estimate of drug-likeness (QED) is 0.332. The summed E-state index contributed by atoms with van der Waals surface area (Å²) >= 11 is 6.70. The summed E-state index contributed by atoms with van der Waals surface area (Å²) < 4.78 is 11.6. The van der Waals surface area contributed by atoms with Crippen molar-refractivity contribution in [2.75, 3.05) is 13.7 Å². The largest absolute Gasteiger partial charge is 0.493 e. The monoisotopic (exact) mass is 566 g/mol. The number of carbonyl (C=O) groups excluding carboxylic acids is 2. The van der Waals surface area contributed by atoms with Crippen LogP contribution in [-0.2, 0) is 21.0 Å². The zero-order valence-corrected chi connectivity index (χ0v) is 22.5. The summed E-state index contributed by atoms with van der Waals surface area (Å²) in [6.07, 6.45) is 2.92. The lowest BCUT2D eigenvalue weighted by Gasteiger charge is -2.43. The van der Waals surface area contributed by atoms with E-state index in [1.165, 1.54) is 19.2 Å². The number of carboxylic acid groups (broad SMARTS) is 1. The van der Waals surface area contributed by atoms with Gasteiger partial charge in [-0.25, -0.2) is 0 Å². The molecular formula is C29H27ClN2O8. The number of halogens is 1. The lowest BCUT2D eigenvalue weighted by Crippen LogP contribution is -2.41. The molecule has 0 radical (unpaired) electrons. The number of Topliss-reactive ketones (excluding diaryl/α,β-unsaturated/α-hetero) is 2. The van der Waals surface area contributed by atoms with Gasteiger partial charge in [-0.2, -0.15) is 0 Å². The molecule has 0 saturated carbocycles. The molecule has 0 spiro atoms. The Bertz CT molecular complexity index is 1430. The Morgan fingerprint density at radius 1 is 1.05 bits per heavy atom. The molecule has 0 unspecified atom stereocenters. The molecule has 10 nitrogen and oxygen atoms in total. The van der Waals surface area contributed by atoms with E-state index >= 15 is 0 Å². The first kappa shape index (κ1) is 27.4. The molecule has 0 bridgehead atoms. The van der Waals surface area contributed by atoms with Crippen molar-refractivity contribution in [3.8, 4) is 11.5 Å². The Hall–Kier alpha value is -4.18. The number of methoxy groups -OCH3 is 1. The van der Waals surface area contributed by atoms with Crippen LogP contribution in [0.25, 0.3) is 0 Å². The molecule has 2 aromatic rings. The minimum atomic E-state index is -1.03. The molecule has 2 aliphatic carbocycles. The molecule has 0 aromatic heterocycles. The fraction of sp³-hybridized carbons (Fsp3) is 0.345. The number of rotatable bonds is 8. The number of ether oxygens (including phenoxy) is 2. The van der Waals surface area contributed by atoms with Crippen molar-refractivity contribution in [2.45, 2.75) is 51.0 Å².